The molecule has 0 spiro atoms. The minimum atomic E-state index is -0.956. The number of hydrogen-bond acceptors (Lipinski definition) is 4. The summed E-state index contributed by atoms with van der Waals surface area (Å²) in [6.45, 7) is 0. The lowest BCUT2D eigenvalue weighted by molar-refractivity contribution is 0.0696. The number of rotatable bonds is 6. The lowest BCUT2D eigenvalue weighted by Crippen LogP contribution is -2.10. The zero-order chi connectivity index (χ0) is 24.5. The van der Waals surface area contributed by atoms with E-state index >= 15 is 0 Å². The summed E-state index contributed by atoms with van der Waals surface area (Å²) in [5, 5.41) is 10.0. The Bertz CT molecular complexity index is 1140. The van der Waals surface area contributed by atoms with Gasteiger partial charge in [-0.25, -0.2) is 4.79 Å². The van der Waals surface area contributed by atoms with Crippen LogP contribution in [-0.4, -0.2) is 17.0 Å². The number of ether oxygens (including phenoxy) is 2. The van der Waals surface area contributed by atoms with E-state index in [-0.39, 0.29) is 5.56 Å². The van der Waals surface area contributed by atoms with Crippen molar-refractivity contribution < 1.29 is 24.2 Å². The highest BCUT2D eigenvalue weighted by Crippen LogP contribution is 2.24. The fraction of sp³-hybridized carbons (Fsp3) is 0. The SMILES string of the molecule is NC(=O)c1ccc(Oc2ccc(Cl)cc2)cc1.O=C(O)c1ccc(Oc2ccc(Cl)cc2)cc1. The van der Waals surface area contributed by atoms with Crippen LogP contribution in [0.5, 0.6) is 23.0 Å². The van der Waals surface area contributed by atoms with Crippen molar-refractivity contribution in [3.8, 4) is 23.0 Å². The van der Waals surface area contributed by atoms with Crippen molar-refractivity contribution >= 4 is 35.1 Å². The molecule has 0 saturated heterocycles. The third-order valence-corrected chi connectivity index (χ3v) is 4.84. The van der Waals surface area contributed by atoms with E-state index in [1.54, 1.807) is 84.9 Å². The number of benzene rings is 4. The van der Waals surface area contributed by atoms with Gasteiger partial charge in [0.2, 0.25) is 5.91 Å². The summed E-state index contributed by atoms with van der Waals surface area (Å²) in [4.78, 5) is 21.5. The molecule has 4 rings (SSSR count). The van der Waals surface area contributed by atoms with Gasteiger partial charge in [-0.1, -0.05) is 23.2 Å². The molecule has 0 unspecified atom stereocenters. The Kier molecular flexibility index (Phi) is 8.51. The summed E-state index contributed by atoms with van der Waals surface area (Å²) >= 11 is 11.5. The van der Waals surface area contributed by atoms with E-state index in [0.29, 0.717) is 38.6 Å². The maximum absolute atomic E-state index is 10.9. The van der Waals surface area contributed by atoms with Crippen molar-refractivity contribution in [2.45, 2.75) is 0 Å². The van der Waals surface area contributed by atoms with Crippen LogP contribution in [0.2, 0.25) is 10.0 Å². The number of hydrogen-bond donors (Lipinski definition) is 2. The number of primary amides is 1. The van der Waals surface area contributed by atoms with Gasteiger partial charge < -0.3 is 20.3 Å². The van der Waals surface area contributed by atoms with Crippen LogP contribution in [0.3, 0.4) is 0 Å². The Morgan fingerprint density at radius 2 is 0.853 bits per heavy atom. The molecule has 4 aromatic rings. The number of carbonyl (C=O) groups excluding carboxylic acids is 1. The second kappa shape index (κ2) is 11.7. The molecule has 0 radical (unpaired) electrons. The van der Waals surface area contributed by atoms with Crippen molar-refractivity contribution in [3.63, 3.8) is 0 Å². The van der Waals surface area contributed by atoms with E-state index in [0.717, 1.165) is 0 Å². The fourth-order valence-corrected chi connectivity index (χ4v) is 2.88. The molecule has 0 aliphatic carbocycles. The standard InChI is InChI=1S/C13H10ClNO2.C13H9ClO3/c2*14-10-3-7-12(8-4-10)17-11-5-1-9(2-6-11)13(15)16/h1-8H,(H2,15,16);1-8H,(H,15,16). The Labute approximate surface area is 206 Å². The monoisotopic (exact) mass is 495 g/mol. The van der Waals surface area contributed by atoms with Crippen molar-refractivity contribution in [1.29, 1.82) is 0 Å². The molecule has 8 heteroatoms. The van der Waals surface area contributed by atoms with Crippen LogP contribution >= 0.6 is 23.2 Å². The predicted octanol–water partition coefficient (Wildman–Crippen LogP) is 7.06. The van der Waals surface area contributed by atoms with Gasteiger partial charge in [0.05, 0.1) is 5.56 Å². The molecule has 34 heavy (non-hydrogen) atoms. The van der Waals surface area contributed by atoms with Gasteiger partial charge in [-0.05, 0) is 97.1 Å². The molecule has 0 aromatic heterocycles. The highest BCUT2D eigenvalue weighted by Gasteiger charge is 2.03. The summed E-state index contributed by atoms with van der Waals surface area (Å²) in [6, 6.07) is 26.8. The molecule has 0 heterocycles. The van der Waals surface area contributed by atoms with Crippen molar-refractivity contribution in [3.05, 3.63) is 118 Å². The van der Waals surface area contributed by atoms with Crippen LogP contribution < -0.4 is 15.2 Å². The number of carboxylic acids is 1. The van der Waals surface area contributed by atoms with E-state index in [1.165, 1.54) is 12.1 Å². The average molecular weight is 496 g/mol. The number of nitrogens with two attached hydrogens (primary N) is 1. The molecular formula is C26H19Cl2NO5. The Morgan fingerprint density at radius 1 is 0.559 bits per heavy atom. The van der Waals surface area contributed by atoms with E-state index in [9.17, 15) is 9.59 Å². The molecule has 3 N–H and O–H groups in total. The Balaban J connectivity index is 0.000000191. The maximum atomic E-state index is 10.9. The number of carboxylic acid groups (broad SMARTS) is 1. The number of amides is 1. The van der Waals surface area contributed by atoms with Crippen molar-refractivity contribution in [1.82, 2.24) is 0 Å². The van der Waals surface area contributed by atoms with Crippen molar-refractivity contribution in [2.75, 3.05) is 0 Å². The first kappa shape index (κ1) is 24.6. The smallest absolute Gasteiger partial charge is 0.335 e. The van der Waals surface area contributed by atoms with Crippen LogP contribution in [0.15, 0.2) is 97.1 Å². The fourth-order valence-electron chi connectivity index (χ4n) is 2.63. The molecule has 4 aromatic carbocycles. The van der Waals surface area contributed by atoms with Crippen LogP contribution in [0.1, 0.15) is 20.7 Å². The highest BCUT2D eigenvalue weighted by atomic mass is 35.5. The van der Waals surface area contributed by atoms with Gasteiger partial charge in [-0.2, -0.15) is 0 Å². The van der Waals surface area contributed by atoms with Gasteiger partial charge in [0.1, 0.15) is 23.0 Å². The predicted molar refractivity (Wildman–Crippen MR) is 131 cm³/mol. The van der Waals surface area contributed by atoms with Crippen molar-refractivity contribution in [2.24, 2.45) is 5.73 Å². The second-order valence-electron chi connectivity index (χ2n) is 6.83. The topological polar surface area (TPSA) is 98.9 Å². The molecular weight excluding hydrogens is 477 g/mol. The molecule has 172 valence electrons. The molecule has 0 aliphatic heterocycles. The summed E-state index contributed by atoms with van der Waals surface area (Å²) in [5.74, 6) is 1.14. The highest BCUT2D eigenvalue weighted by molar-refractivity contribution is 6.30. The first-order chi connectivity index (χ1) is 16.3. The minimum absolute atomic E-state index is 0.230. The minimum Gasteiger partial charge on any atom is -0.478 e. The van der Waals surface area contributed by atoms with Gasteiger partial charge in [-0.15, -0.1) is 0 Å². The second-order valence-corrected chi connectivity index (χ2v) is 7.70. The number of carbonyl (C=O) groups is 2. The van der Waals surface area contributed by atoms with E-state index in [1.807, 2.05) is 0 Å². The first-order valence-electron chi connectivity index (χ1n) is 9.90. The van der Waals surface area contributed by atoms with Gasteiger partial charge in [0.25, 0.3) is 0 Å². The van der Waals surface area contributed by atoms with Gasteiger partial charge in [-0.3, -0.25) is 4.79 Å². The van der Waals surface area contributed by atoms with Gasteiger partial charge in [0.15, 0.2) is 0 Å². The zero-order valence-corrected chi connectivity index (χ0v) is 19.2. The van der Waals surface area contributed by atoms with Crippen LogP contribution in [-0.2, 0) is 0 Å². The largest absolute Gasteiger partial charge is 0.478 e. The lowest BCUT2D eigenvalue weighted by Gasteiger charge is -2.05. The average Bonchev–Trinajstić information content (AvgIpc) is 2.83. The van der Waals surface area contributed by atoms with E-state index in [4.69, 9.17) is 43.5 Å². The van der Waals surface area contributed by atoms with Gasteiger partial charge in [0, 0.05) is 15.6 Å². The zero-order valence-electron chi connectivity index (χ0n) is 17.7. The lowest BCUT2D eigenvalue weighted by atomic mass is 10.2. The molecule has 0 saturated carbocycles. The summed E-state index contributed by atoms with van der Waals surface area (Å²) < 4.78 is 11.1. The molecule has 0 aliphatic rings. The van der Waals surface area contributed by atoms with E-state index in [2.05, 4.69) is 0 Å². The summed E-state index contributed by atoms with van der Waals surface area (Å²) in [7, 11) is 0. The maximum Gasteiger partial charge on any atom is 0.335 e. The number of halogens is 2. The first-order valence-corrected chi connectivity index (χ1v) is 10.7. The molecule has 0 atom stereocenters. The molecule has 0 fully saturated rings. The van der Waals surface area contributed by atoms with Crippen LogP contribution in [0, 0.1) is 0 Å². The van der Waals surface area contributed by atoms with E-state index < -0.39 is 11.9 Å². The third kappa shape index (κ3) is 7.55. The molecule has 1 amide bonds. The Hall–Kier alpha value is -4.00. The summed E-state index contributed by atoms with van der Waals surface area (Å²) in [6.07, 6.45) is 0. The summed E-state index contributed by atoms with van der Waals surface area (Å²) in [5.41, 5.74) is 5.82. The normalized spacial score (nSPS) is 9.94. The molecule has 0 bridgehead atoms. The van der Waals surface area contributed by atoms with Crippen LogP contribution in [0.25, 0.3) is 0 Å². The number of aromatic carboxylic acids is 1. The van der Waals surface area contributed by atoms with Crippen LogP contribution in [0.4, 0.5) is 0 Å². The Morgan fingerprint density at radius 3 is 1.15 bits per heavy atom. The molecule has 6 nitrogen and oxygen atoms in total. The third-order valence-electron chi connectivity index (χ3n) is 4.34. The van der Waals surface area contributed by atoms with Gasteiger partial charge >= 0.3 is 5.97 Å². The quantitative estimate of drug-likeness (QED) is 0.298.